The van der Waals surface area contributed by atoms with Crippen molar-refractivity contribution >= 4 is 6.03 Å². The van der Waals surface area contributed by atoms with Crippen LogP contribution in [0, 0.1) is 6.92 Å². The molecule has 2 unspecified atom stereocenters. The molecule has 1 aliphatic heterocycles. The normalized spacial score (nSPS) is 18.8. The third-order valence-corrected chi connectivity index (χ3v) is 4.61. The van der Waals surface area contributed by atoms with Crippen molar-refractivity contribution in [2.45, 2.75) is 51.6 Å². The van der Waals surface area contributed by atoms with Gasteiger partial charge in [-0.05, 0) is 45.2 Å². The van der Waals surface area contributed by atoms with Crippen molar-refractivity contribution in [3.05, 3.63) is 41.6 Å². The van der Waals surface area contributed by atoms with E-state index in [2.05, 4.69) is 10.4 Å². The molecule has 0 aromatic carbocycles. The lowest BCUT2D eigenvalue weighted by molar-refractivity contribution is 0.189. The first kappa shape index (κ1) is 16.6. The molecule has 24 heavy (non-hydrogen) atoms. The quantitative estimate of drug-likeness (QED) is 0.916. The second kappa shape index (κ2) is 7.11. The Morgan fingerprint density at radius 2 is 2.33 bits per heavy atom. The van der Waals surface area contributed by atoms with Crippen LogP contribution in [0.2, 0.25) is 0 Å². The van der Waals surface area contributed by atoms with Crippen LogP contribution in [0.15, 0.2) is 28.9 Å². The van der Waals surface area contributed by atoms with Gasteiger partial charge in [-0.2, -0.15) is 5.10 Å². The average Bonchev–Trinajstić information content (AvgIpc) is 3.25. The van der Waals surface area contributed by atoms with Crippen LogP contribution in [0.3, 0.4) is 0 Å². The molecular weight excluding hydrogens is 304 g/mol. The third-order valence-electron chi connectivity index (χ3n) is 4.61. The summed E-state index contributed by atoms with van der Waals surface area (Å²) in [5, 5.41) is 7.35. The smallest absolute Gasteiger partial charge is 0.318 e. The lowest BCUT2D eigenvalue weighted by atomic mass is 10.1. The van der Waals surface area contributed by atoms with Crippen LogP contribution in [0.4, 0.5) is 4.79 Å². The fourth-order valence-electron chi connectivity index (χ4n) is 3.31. The van der Waals surface area contributed by atoms with Crippen LogP contribution in [-0.4, -0.2) is 33.3 Å². The molecule has 2 amide bonds. The highest BCUT2D eigenvalue weighted by Gasteiger charge is 2.31. The molecule has 2 aromatic rings. The molecule has 0 spiro atoms. The third kappa shape index (κ3) is 3.80. The number of hydrogen-bond donors (Lipinski definition) is 1. The maximum absolute atomic E-state index is 12.6. The maximum atomic E-state index is 12.6. The predicted octanol–water partition coefficient (Wildman–Crippen LogP) is 3.19. The highest BCUT2D eigenvalue weighted by Crippen LogP contribution is 2.31. The van der Waals surface area contributed by atoms with Gasteiger partial charge in [-0.25, -0.2) is 4.79 Å². The SMILES string of the molecule is Cc1ccc(CCC(C)NC(=O)N2CCCC2c2cnn(C)c2)o1. The fourth-order valence-corrected chi connectivity index (χ4v) is 3.31. The number of amides is 2. The molecule has 3 heterocycles. The molecule has 1 fully saturated rings. The number of rotatable bonds is 5. The Hall–Kier alpha value is -2.24. The number of urea groups is 1. The van der Waals surface area contributed by atoms with E-state index in [0.717, 1.165) is 49.3 Å². The Morgan fingerprint density at radius 1 is 1.50 bits per heavy atom. The van der Waals surface area contributed by atoms with Gasteiger partial charge in [0.1, 0.15) is 11.5 Å². The number of aryl methyl sites for hydroxylation is 3. The largest absolute Gasteiger partial charge is 0.466 e. The van der Waals surface area contributed by atoms with Gasteiger partial charge in [0.15, 0.2) is 0 Å². The van der Waals surface area contributed by atoms with Crippen molar-refractivity contribution in [1.82, 2.24) is 20.0 Å². The van der Waals surface area contributed by atoms with Gasteiger partial charge in [0.25, 0.3) is 0 Å². The summed E-state index contributed by atoms with van der Waals surface area (Å²) < 4.78 is 7.37. The number of hydrogen-bond acceptors (Lipinski definition) is 3. The van der Waals surface area contributed by atoms with E-state index in [1.165, 1.54) is 0 Å². The van der Waals surface area contributed by atoms with E-state index in [1.54, 1.807) is 4.68 Å². The average molecular weight is 330 g/mol. The van der Waals surface area contributed by atoms with E-state index in [0.29, 0.717) is 0 Å². The van der Waals surface area contributed by atoms with E-state index in [4.69, 9.17) is 4.42 Å². The lowest BCUT2D eigenvalue weighted by Gasteiger charge is -2.26. The molecule has 0 radical (unpaired) electrons. The highest BCUT2D eigenvalue weighted by atomic mass is 16.3. The molecule has 1 N–H and O–H groups in total. The molecule has 0 aliphatic carbocycles. The zero-order valence-electron chi connectivity index (χ0n) is 14.7. The molecule has 2 atom stereocenters. The van der Waals surface area contributed by atoms with E-state index >= 15 is 0 Å². The van der Waals surface area contributed by atoms with Gasteiger partial charge in [0.2, 0.25) is 0 Å². The second-order valence-electron chi connectivity index (χ2n) is 6.70. The number of nitrogens with zero attached hydrogens (tertiary/aromatic N) is 3. The van der Waals surface area contributed by atoms with Crippen molar-refractivity contribution in [3.63, 3.8) is 0 Å². The number of carbonyl (C=O) groups is 1. The zero-order chi connectivity index (χ0) is 17.1. The standard InChI is InChI=1S/C18H26N4O2/c1-13(6-8-16-9-7-14(2)24-16)20-18(23)22-10-4-5-17(22)15-11-19-21(3)12-15/h7,9,11-13,17H,4-6,8,10H2,1-3H3,(H,20,23). The Bertz CT molecular complexity index is 691. The summed E-state index contributed by atoms with van der Waals surface area (Å²) in [6, 6.07) is 4.24. The first-order chi connectivity index (χ1) is 11.5. The minimum atomic E-state index is 0.0180. The fraction of sp³-hybridized carbons (Fsp3) is 0.556. The van der Waals surface area contributed by atoms with Gasteiger partial charge in [-0.15, -0.1) is 0 Å². The van der Waals surface area contributed by atoms with Gasteiger partial charge < -0.3 is 14.6 Å². The highest BCUT2D eigenvalue weighted by molar-refractivity contribution is 5.75. The van der Waals surface area contributed by atoms with Crippen molar-refractivity contribution in [3.8, 4) is 0 Å². The van der Waals surface area contributed by atoms with Crippen LogP contribution in [0.1, 0.15) is 49.3 Å². The molecular formula is C18H26N4O2. The molecule has 2 aromatic heterocycles. The summed E-state index contributed by atoms with van der Waals surface area (Å²) in [5.74, 6) is 1.90. The van der Waals surface area contributed by atoms with Gasteiger partial charge in [-0.1, -0.05) is 0 Å². The number of likely N-dealkylation sites (tertiary alicyclic amines) is 1. The van der Waals surface area contributed by atoms with Crippen LogP contribution in [-0.2, 0) is 13.5 Å². The molecule has 3 rings (SSSR count). The monoisotopic (exact) mass is 330 g/mol. The maximum Gasteiger partial charge on any atom is 0.318 e. The molecule has 1 saturated heterocycles. The Kier molecular flexibility index (Phi) is 4.92. The molecule has 6 heteroatoms. The van der Waals surface area contributed by atoms with Crippen molar-refractivity contribution in [2.24, 2.45) is 7.05 Å². The summed E-state index contributed by atoms with van der Waals surface area (Å²) in [6.07, 6.45) is 7.59. The summed E-state index contributed by atoms with van der Waals surface area (Å²) in [6.45, 7) is 4.79. The number of furan rings is 1. The summed E-state index contributed by atoms with van der Waals surface area (Å²) in [7, 11) is 1.90. The van der Waals surface area contributed by atoms with Gasteiger partial charge in [-0.3, -0.25) is 4.68 Å². The van der Waals surface area contributed by atoms with Gasteiger partial charge >= 0.3 is 6.03 Å². The number of carbonyl (C=O) groups excluding carboxylic acids is 1. The molecule has 6 nitrogen and oxygen atoms in total. The summed E-state index contributed by atoms with van der Waals surface area (Å²) in [5.41, 5.74) is 1.11. The Morgan fingerprint density at radius 3 is 3.00 bits per heavy atom. The van der Waals surface area contributed by atoms with Crippen LogP contribution in [0.5, 0.6) is 0 Å². The molecule has 1 aliphatic rings. The first-order valence-corrected chi connectivity index (χ1v) is 8.64. The van der Waals surface area contributed by atoms with Crippen LogP contribution >= 0.6 is 0 Å². The van der Waals surface area contributed by atoms with Crippen molar-refractivity contribution in [2.75, 3.05) is 6.54 Å². The molecule has 0 bridgehead atoms. The van der Waals surface area contributed by atoms with E-state index < -0.39 is 0 Å². The van der Waals surface area contributed by atoms with Crippen LogP contribution in [0.25, 0.3) is 0 Å². The van der Waals surface area contributed by atoms with Gasteiger partial charge in [0, 0.05) is 37.8 Å². The predicted molar refractivity (Wildman–Crippen MR) is 91.6 cm³/mol. The summed E-state index contributed by atoms with van der Waals surface area (Å²) in [4.78, 5) is 14.6. The number of aromatic nitrogens is 2. The Labute approximate surface area is 142 Å². The minimum absolute atomic E-state index is 0.0180. The van der Waals surface area contributed by atoms with E-state index in [-0.39, 0.29) is 18.1 Å². The lowest BCUT2D eigenvalue weighted by Crippen LogP contribution is -2.43. The second-order valence-corrected chi connectivity index (χ2v) is 6.70. The first-order valence-electron chi connectivity index (χ1n) is 8.64. The topological polar surface area (TPSA) is 63.3 Å². The van der Waals surface area contributed by atoms with E-state index in [9.17, 15) is 4.79 Å². The molecule has 0 saturated carbocycles. The van der Waals surface area contributed by atoms with Gasteiger partial charge in [0.05, 0.1) is 12.2 Å². The van der Waals surface area contributed by atoms with Crippen molar-refractivity contribution in [1.29, 1.82) is 0 Å². The minimum Gasteiger partial charge on any atom is -0.466 e. The van der Waals surface area contributed by atoms with Crippen LogP contribution < -0.4 is 5.32 Å². The number of nitrogens with one attached hydrogen (secondary N) is 1. The summed E-state index contributed by atoms with van der Waals surface area (Å²) >= 11 is 0. The molecule has 130 valence electrons. The zero-order valence-corrected chi connectivity index (χ0v) is 14.7. The Balaban J connectivity index is 1.53. The van der Waals surface area contributed by atoms with E-state index in [1.807, 2.05) is 50.3 Å². The van der Waals surface area contributed by atoms with Crippen molar-refractivity contribution < 1.29 is 9.21 Å².